The van der Waals surface area contributed by atoms with E-state index in [1.54, 1.807) is 0 Å². The molecule has 1 saturated heterocycles. The van der Waals surface area contributed by atoms with Crippen LogP contribution in [-0.2, 0) is 9.53 Å². The molecule has 1 fully saturated rings. The Morgan fingerprint density at radius 3 is 2.50 bits per heavy atom. The average molecular weight is 265 g/mol. The van der Waals surface area contributed by atoms with Gasteiger partial charge in [-0.25, -0.2) is 0 Å². The van der Waals surface area contributed by atoms with Crippen molar-refractivity contribution in [2.45, 2.75) is 43.5 Å². The van der Waals surface area contributed by atoms with Crippen molar-refractivity contribution in [1.29, 1.82) is 0 Å². The van der Waals surface area contributed by atoms with Crippen LogP contribution in [0.4, 0.5) is 0 Å². The molecule has 18 heavy (non-hydrogen) atoms. The van der Waals surface area contributed by atoms with Crippen LogP contribution >= 0.6 is 0 Å². The predicted molar refractivity (Wildman–Crippen MR) is 58.6 cm³/mol. The number of aliphatic hydroxyl groups excluding tert-OH is 3. The minimum atomic E-state index is -2.15. The van der Waals surface area contributed by atoms with Crippen molar-refractivity contribution < 1.29 is 35.1 Å². The molecule has 0 aliphatic carbocycles. The lowest BCUT2D eigenvalue weighted by Gasteiger charge is -2.42. The van der Waals surface area contributed by atoms with Gasteiger partial charge in [0.2, 0.25) is 5.79 Å². The van der Waals surface area contributed by atoms with Gasteiger partial charge in [-0.2, -0.15) is 0 Å². The van der Waals surface area contributed by atoms with Gasteiger partial charge in [-0.1, -0.05) is 0 Å². The number of ether oxygens (including phenoxy) is 1. The van der Waals surface area contributed by atoms with E-state index in [1.165, 1.54) is 13.8 Å². The third-order valence-corrected chi connectivity index (χ3v) is 3.00. The van der Waals surface area contributed by atoms with Crippen molar-refractivity contribution in [3.63, 3.8) is 0 Å². The zero-order valence-corrected chi connectivity index (χ0v) is 10.2. The lowest BCUT2D eigenvalue weighted by atomic mass is 9.95. The van der Waals surface area contributed by atoms with E-state index in [1.807, 2.05) is 0 Å². The first kappa shape index (κ1) is 15.3. The first-order valence-corrected chi connectivity index (χ1v) is 5.49. The van der Waals surface area contributed by atoms with Crippen LogP contribution in [0.5, 0.6) is 0 Å². The van der Waals surface area contributed by atoms with E-state index in [9.17, 15) is 25.2 Å². The van der Waals surface area contributed by atoms with Crippen LogP contribution in [-0.4, -0.2) is 74.3 Å². The molecule has 0 aromatic heterocycles. The lowest BCUT2D eigenvalue weighted by molar-refractivity contribution is -0.318. The maximum atomic E-state index is 10.9. The number of carboxylic acid groups (broad SMARTS) is 1. The van der Waals surface area contributed by atoms with Crippen molar-refractivity contribution in [2.75, 3.05) is 13.2 Å². The second-order valence-corrected chi connectivity index (χ2v) is 4.94. The van der Waals surface area contributed by atoms with Gasteiger partial charge in [-0.15, -0.1) is 0 Å². The number of carbonyl (C=O) groups is 1. The molecule has 8 heteroatoms. The molecule has 1 rings (SSSR count). The fraction of sp³-hybridized carbons (Fsp3) is 0.900. The van der Waals surface area contributed by atoms with Crippen LogP contribution in [0.25, 0.3) is 0 Å². The third-order valence-electron chi connectivity index (χ3n) is 3.00. The van der Waals surface area contributed by atoms with Crippen LogP contribution in [0, 0.1) is 0 Å². The Morgan fingerprint density at radius 2 is 2.00 bits per heavy atom. The molecule has 6 N–H and O–H groups in total. The maximum Gasteiger partial charge on any atom is 0.323 e. The second-order valence-electron chi connectivity index (χ2n) is 4.94. The summed E-state index contributed by atoms with van der Waals surface area (Å²) < 4.78 is 4.88. The Labute approximate surface area is 104 Å². The number of β-amino-alcohol motifs (C(OH)–C–C–N with tert-alkyl or cyclic N) is 1. The predicted octanol–water partition coefficient (Wildman–Crippen LogP) is -2.76. The second kappa shape index (κ2) is 5.08. The summed E-state index contributed by atoms with van der Waals surface area (Å²) in [6.45, 7) is 1.99. The normalized spacial score (nSPS) is 37.6. The van der Waals surface area contributed by atoms with Gasteiger partial charge in [0.1, 0.15) is 23.9 Å². The van der Waals surface area contributed by atoms with Gasteiger partial charge in [0.25, 0.3) is 0 Å². The summed E-state index contributed by atoms with van der Waals surface area (Å²) in [5.41, 5.74) is -1.33. The lowest BCUT2D eigenvalue weighted by Crippen LogP contribution is -2.66. The molecular weight excluding hydrogens is 246 g/mol. The van der Waals surface area contributed by atoms with E-state index in [-0.39, 0.29) is 6.61 Å². The van der Waals surface area contributed by atoms with Gasteiger partial charge in [0.15, 0.2) is 0 Å². The van der Waals surface area contributed by atoms with E-state index in [4.69, 9.17) is 9.84 Å². The molecule has 106 valence electrons. The van der Waals surface area contributed by atoms with Gasteiger partial charge in [-0.05, 0) is 13.8 Å². The van der Waals surface area contributed by atoms with Crippen molar-refractivity contribution >= 4 is 5.97 Å². The summed E-state index contributed by atoms with van der Waals surface area (Å²) in [5.74, 6) is -3.29. The van der Waals surface area contributed by atoms with Crippen LogP contribution in [0.3, 0.4) is 0 Å². The molecule has 0 saturated carbocycles. The number of rotatable bonds is 4. The Bertz CT molecular complexity index is 321. The largest absolute Gasteiger partial charge is 0.480 e. The zero-order chi connectivity index (χ0) is 14.1. The summed E-state index contributed by atoms with van der Waals surface area (Å²) in [6.07, 6.45) is -4.59. The molecule has 1 heterocycles. The molecule has 0 aromatic carbocycles. The molecule has 4 atom stereocenters. The molecule has 0 aromatic rings. The first-order chi connectivity index (χ1) is 8.10. The number of carboxylic acids is 1. The Kier molecular flexibility index (Phi) is 4.31. The van der Waals surface area contributed by atoms with E-state index < -0.39 is 42.2 Å². The van der Waals surface area contributed by atoms with Crippen LogP contribution in [0.2, 0.25) is 0 Å². The SMILES string of the molecule is CC(C)(NC[C@@]1(O)OC[C@@H](O)[C@@H](O)[C@@H]1O)C(=O)O. The zero-order valence-electron chi connectivity index (χ0n) is 10.2. The molecule has 0 unspecified atom stereocenters. The fourth-order valence-corrected chi connectivity index (χ4v) is 1.47. The summed E-state index contributed by atoms with van der Waals surface area (Å²) in [4.78, 5) is 10.9. The number of aliphatic carboxylic acids is 1. The molecule has 8 nitrogen and oxygen atoms in total. The minimum Gasteiger partial charge on any atom is -0.480 e. The summed E-state index contributed by atoms with van der Waals surface area (Å²) in [5, 5.41) is 49.7. The topological polar surface area (TPSA) is 139 Å². The molecule has 1 aliphatic heterocycles. The molecule has 0 bridgehead atoms. The summed E-state index contributed by atoms with van der Waals surface area (Å²) in [6, 6.07) is 0. The van der Waals surface area contributed by atoms with Gasteiger partial charge in [-0.3, -0.25) is 10.1 Å². The standard InChI is InChI=1S/C10H19NO7/c1-9(2,8(15)16)11-4-10(17)7(14)6(13)5(12)3-18-10/h5-7,11-14,17H,3-4H2,1-2H3,(H,15,16)/t5-,6-,7+,10-/m1/s1. The van der Waals surface area contributed by atoms with E-state index in [2.05, 4.69) is 5.32 Å². The highest BCUT2D eigenvalue weighted by Gasteiger charge is 2.49. The third kappa shape index (κ3) is 2.97. The maximum absolute atomic E-state index is 10.9. The van der Waals surface area contributed by atoms with Crippen LogP contribution in [0.1, 0.15) is 13.8 Å². The Hall–Kier alpha value is -0.770. The number of hydrogen-bond acceptors (Lipinski definition) is 7. The number of aliphatic hydroxyl groups is 4. The van der Waals surface area contributed by atoms with Crippen molar-refractivity contribution in [3.05, 3.63) is 0 Å². The van der Waals surface area contributed by atoms with Gasteiger partial charge >= 0.3 is 5.97 Å². The highest BCUT2D eigenvalue weighted by molar-refractivity contribution is 5.77. The van der Waals surface area contributed by atoms with Crippen molar-refractivity contribution in [2.24, 2.45) is 0 Å². The van der Waals surface area contributed by atoms with Crippen LogP contribution in [0.15, 0.2) is 0 Å². The van der Waals surface area contributed by atoms with Gasteiger partial charge in [0, 0.05) is 0 Å². The smallest absolute Gasteiger partial charge is 0.323 e. The minimum absolute atomic E-state index is 0.357. The Morgan fingerprint density at radius 1 is 1.44 bits per heavy atom. The monoisotopic (exact) mass is 265 g/mol. The fourth-order valence-electron chi connectivity index (χ4n) is 1.47. The molecular formula is C10H19NO7. The van der Waals surface area contributed by atoms with Crippen molar-refractivity contribution in [3.8, 4) is 0 Å². The first-order valence-electron chi connectivity index (χ1n) is 5.49. The number of nitrogens with one attached hydrogen (secondary N) is 1. The summed E-state index contributed by atoms with van der Waals surface area (Å²) >= 11 is 0. The molecule has 0 amide bonds. The molecule has 0 spiro atoms. The van der Waals surface area contributed by atoms with Gasteiger partial charge in [0.05, 0.1) is 13.2 Å². The van der Waals surface area contributed by atoms with E-state index in [0.717, 1.165) is 0 Å². The van der Waals surface area contributed by atoms with E-state index in [0.29, 0.717) is 0 Å². The van der Waals surface area contributed by atoms with Crippen LogP contribution < -0.4 is 5.32 Å². The van der Waals surface area contributed by atoms with E-state index >= 15 is 0 Å². The van der Waals surface area contributed by atoms with Crippen molar-refractivity contribution in [1.82, 2.24) is 5.32 Å². The highest BCUT2D eigenvalue weighted by atomic mass is 16.6. The molecule has 0 radical (unpaired) electrons. The van der Waals surface area contributed by atoms with Gasteiger partial charge < -0.3 is 30.3 Å². The molecule has 1 aliphatic rings. The summed E-state index contributed by atoms with van der Waals surface area (Å²) in [7, 11) is 0. The number of hydrogen-bond donors (Lipinski definition) is 6. The quantitative estimate of drug-likeness (QED) is 0.321. The Balaban J connectivity index is 2.68. The average Bonchev–Trinajstić information content (AvgIpc) is 2.29. The highest BCUT2D eigenvalue weighted by Crippen LogP contribution is 2.24.